The highest BCUT2D eigenvalue weighted by Gasteiger charge is 2.21. The van der Waals surface area contributed by atoms with Crippen LogP contribution in [0.4, 0.5) is 10.1 Å². The van der Waals surface area contributed by atoms with Crippen LogP contribution in [-0.4, -0.2) is 64.9 Å². The van der Waals surface area contributed by atoms with Crippen molar-refractivity contribution in [3.63, 3.8) is 0 Å². The summed E-state index contributed by atoms with van der Waals surface area (Å²) in [5.41, 5.74) is 1.92. The third-order valence-corrected chi connectivity index (χ3v) is 6.34. The number of hydrogen-bond acceptors (Lipinski definition) is 7. The van der Waals surface area contributed by atoms with Crippen molar-refractivity contribution in [2.24, 2.45) is 4.99 Å². The standard InChI is InChI=1S/C23H22Br2FN7O4/c24-13-1-11(2-14(25)5-13)17(6-21(35)36)31-20(34)10-27-22(37)12-3-18(16-9-30-33-19(16)4-12)32-23-28-7-15(26)8-29-23/h1-5,9,15,17H,6-8,10H2,(H,27,37)(H,30,33)(H,31,34)(H,35,36)(H2,28,29,32). The Balaban J connectivity index is 1.44. The Morgan fingerprint density at radius 1 is 1.16 bits per heavy atom. The van der Waals surface area contributed by atoms with Gasteiger partial charge in [0.25, 0.3) is 5.91 Å². The van der Waals surface area contributed by atoms with Gasteiger partial charge < -0.3 is 26.4 Å². The van der Waals surface area contributed by atoms with E-state index < -0.39 is 30.0 Å². The number of aliphatic carboxylic acids is 1. The number of guanidine groups is 1. The largest absolute Gasteiger partial charge is 0.481 e. The molecule has 2 amide bonds. The molecule has 0 spiro atoms. The van der Waals surface area contributed by atoms with Crippen molar-refractivity contribution < 1.29 is 23.9 Å². The SMILES string of the molecule is O=C(O)CC(NC(=O)CNC(=O)c1cc(NC2=NCC(F)CN2)c2cn[nH]c2c1)c1cc(Br)cc(Br)c1. The Labute approximate surface area is 226 Å². The number of nitrogens with zero attached hydrogens (tertiary/aromatic N) is 2. The minimum atomic E-state index is -1.09. The number of alkyl halides is 1. The van der Waals surface area contributed by atoms with Crippen LogP contribution in [0.1, 0.15) is 28.4 Å². The second-order valence-corrected chi connectivity index (χ2v) is 10.1. The highest BCUT2D eigenvalue weighted by Crippen LogP contribution is 2.26. The molecule has 0 radical (unpaired) electrons. The van der Waals surface area contributed by atoms with Crippen molar-refractivity contribution in [1.29, 1.82) is 0 Å². The maximum Gasteiger partial charge on any atom is 0.305 e. The molecule has 2 atom stereocenters. The van der Waals surface area contributed by atoms with E-state index in [4.69, 9.17) is 0 Å². The summed E-state index contributed by atoms with van der Waals surface area (Å²) in [5.74, 6) is -1.80. The Morgan fingerprint density at radius 3 is 2.59 bits per heavy atom. The van der Waals surface area contributed by atoms with Gasteiger partial charge in [0.1, 0.15) is 6.17 Å². The molecule has 14 heteroatoms. The molecule has 2 heterocycles. The molecule has 0 saturated heterocycles. The maximum absolute atomic E-state index is 13.4. The monoisotopic (exact) mass is 637 g/mol. The number of aromatic nitrogens is 2. The third-order valence-electron chi connectivity index (χ3n) is 5.42. The van der Waals surface area contributed by atoms with Crippen LogP contribution in [0.15, 0.2) is 50.5 Å². The molecule has 2 aromatic carbocycles. The number of anilines is 1. The van der Waals surface area contributed by atoms with Crippen LogP contribution < -0.4 is 21.3 Å². The van der Waals surface area contributed by atoms with Crippen LogP contribution in [0.5, 0.6) is 0 Å². The molecular formula is C23H22Br2FN7O4. The van der Waals surface area contributed by atoms with Gasteiger partial charge in [-0.05, 0) is 35.9 Å². The zero-order valence-electron chi connectivity index (χ0n) is 19.1. The van der Waals surface area contributed by atoms with E-state index in [1.807, 2.05) is 0 Å². The van der Waals surface area contributed by atoms with Crippen LogP contribution in [-0.2, 0) is 9.59 Å². The van der Waals surface area contributed by atoms with Gasteiger partial charge in [-0.2, -0.15) is 5.10 Å². The topological polar surface area (TPSA) is 161 Å². The van der Waals surface area contributed by atoms with E-state index >= 15 is 0 Å². The zero-order valence-corrected chi connectivity index (χ0v) is 22.3. The number of amides is 2. The Bertz CT molecular complexity index is 1360. The summed E-state index contributed by atoms with van der Waals surface area (Å²) in [6, 6.07) is 7.57. The number of nitrogens with one attached hydrogen (secondary N) is 5. The number of hydrogen-bond donors (Lipinski definition) is 6. The maximum atomic E-state index is 13.4. The van der Waals surface area contributed by atoms with Gasteiger partial charge >= 0.3 is 5.97 Å². The first kappa shape index (κ1) is 26.5. The molecule has 1 aliphatic heterocycles. The van der Waals surface area contributed by atoms with Crippen molar-refractivity contribution >= 4 is 72.2 Å². The average molecular weight is 639 g/mol. The van der Waals surface area contributed by atoms with Crippen molar-refractivity contribution in [2.45, 2.75) is 18.6 Å². The molecule has 4 rings (SSSR count). The molecule has 0 bridgehead atoms. The van der Waals surface area contributed by atoms with E-state index in [1.54, 1.807) is 36.5 Å². The van der Waals surface area contributed by atoms with Gasteiger partial charge in [-0.1, -0.05) is 31.9 Å². The molecule has 2 unspecified atom stereocenters. The average Bonchev–Trinajstić information content (AvgIpc) is 3.32. The predicted octanol–water partition coefficient (Wildman–Crippen LogP) is 2.86. The summed E-state index contributed by atoms with van der Waals surface area (Å²) in [6.45, 7) is -0.228. The second-order valence-electron chi connectivity index (χ2n) is 8.25. The number of rotatable bonds is 8. The lowest BCUT2D eigenvalue weighted by Gasteiger charge is -2.19. The number of fused-ring (bicyclic) bond motifs is 1. The van der Waals surface area contributed by atoms with Crippen LogP contribution in [0.3, 0.4) is 0 Å². The summed E-state index contributed by atoms with van der Waals surface area (Å²) in [5, 5.41) is 27.9. The molecule has 11 nitrogen and oxygen atoms in total. The van der Waals surface area contributed by atoms with Gasteiger partial charge in [-0.15, -0.1) is 0 Å². The lowest BCUT2D eigenvalue weighted by molar-refractivity contribution is -0.137. The van der Waals surface area contributed by atoms with E-state index in [2.05, 4.69) is 68.3 Å². The number of aliphatic imine (C=N–C) groups is 1. The Kier molecular flexibility index (Phi) is 8.38. The highest BCUT2D eigenvalue weighted by molar-refractivity contribution is 9.11. The number of carboxylic acids is 1. The van der Waals surface area contributed by atoms with Crippen LogP contribution in [0, 0.1) is 0 Å². The fraction of sp³-hybridized carbons (Fsp3) is 0.261. The first-order valence-corrected chi connectivity index (χ1v) is 12.7. The first-order valence-electron chi connectivity index (χ1n) is 11.1. The smallest absolute Gasteiger partial charge is 0.305 e. The molecule has 194 valence electrons. The van der Waals surface area contributed by atoms with E-state index in [0.717, 1.165) is 0 Å². The molecule has 0 saturated carbocycles. The molecule has 6 N–H and O–H groups in total. The van der Waals surface area contributed by atoms with E-state index in [9.17, 15) is 23.9 Å². The van der Waals surface area contributed by atoms with Crippen molar-refractivity contribution in [3.8, 4) is 0 Å². The number of carbonyl (C=O) groups excluding carboxylic acids is 2. The van der Waals surface area contributed by atoms with E-state index in [-0.39, 0.29) is 31.6 Å². The Morgan fingerprint density at radius 2 is 1.92 bits per heavy atom. The predicted molar refractivity (Wildman–Crippen MR) is 142 cm³/mol. The lowest BCUT2D eigenvalue weighted by Crippen LogP contribution is -2.41. The first-order chi connectivity index (χ1) is 17.7. The van der Waals surface area contributed by atoms with Crippen molar-refractivity contribution in [2.75, 3.05) is 25.0 Å². The molecular weight excluding hydrogens is 617 g/mol. The number of H-pyrrole nitrogens is 1. The summed E-state index contributed by atoms with van der Waals surface area (Å²) in [6.07, 6.45) is 0.175. The Hall–Kier alpha value is -3.52. The van der Waals surface area contributed by atoms with Crippen molar-refractivity contribution in [3.05, 3.63) is 56.6 Å². The van der Waals surface area contributed by atoms with Gasteiger partial charge in [-0.3, -0.25) is 19.5 Å². The zero-order chi connectivity index (χ0) is 26.5. The van der Waals surface area contributed by atoms with Crippen LogP contribution in [0.25, 0.3) is 10.9 Å². The normalized spacial score (nSPS) is 15.9. The molecule has 0 fully saturated rings. The third kappa shape index (κ3) is 7.04. The molecule has 1 aromatic heterocycles. The van der Waals surface area contributed by atoms with Crippen LogP contribution in [0.2, 0.25) is 0 Å². The van der Waals surface area contributed by atoms with E-state index in [1.165, 1.54) is 0 Å². The number of carboxylic acid groups (broad SMARTS) is 1. The quantitative estimate of drug-likeness (QED) is 0.221. The molecule has 0 aliphatic carbocycles. The van der Waals surface area contributed by atoms with E-state index in [0.29, 0.717) is 37.1 Å². The van der Waals surface area contributed by atoms with Crippen LogP contribution >= 0.6 is 31.9 Å². The minimum Gasteiger partial charge on any atom is -0.481 e. The number of halogens is 3. The van der Waals surface area contributed by atoms with Gasteiger partial charge in [0.15, 0.2) is 5.96 Å². The van der Waals surface area contributed by atoms with Crippen molar-refractivity contribution in [1.82, 2.24) is 26.1 Å². The summed E-state index contributed by atoms with van der Waals surface area (Å²) < 4.78 is 14.8. The highest BCUT2D eigenvalue weighted by atomic mass is 79.9. The number of carbonyl (C=O) groups is 3. The molecule has 1 aliphatic rings. The fourth-order valence-corrected chi connectivity index (χ4v) is 5.06. The van der Waals surface area contributed by atoms with Gasteiger partial charge in [0.2, 0.25) is 5.91 Å². The van der Waals surface area contributed by atoms with Gasteiger partial charge in [-0.25, -0.2) is 9.38 Å². The summed E-state index contributed by atoms with van der Waals surface area (Å²) in [4.78, 5) is 41.0. The number of aromatic amines is 1. The lowest BCUT2D eigenvalue weighted by atomic mass is 10.0. The minimum absolute atomic E-state index is 0.0267. The van der Waals surface area contributed by atoms with Gasteiger partial charge in [0.05, 0.1) is 49.5 Å². The summed E-state index contributed by atoms with van der Waals surface area (Å²) >= 11 is 6.71. The number of benzene rings is 2. The van der Waals surface area contributed by atoms with Gasteiger partial charge in [0, 0.05) is 19.9 Å². The molecule has 37 heavy (non-hydrogen) atoms. The second kappa shape index (κ2) is 11.7. The molecule has 3 aromatic rings. The summed E-state index contributed by atoms with van der Waals surface area (Å²) in [7, 11) is 0. The fourth-order valence-electron chi connectivity index (χ4n) is 3.73.